The summed E-state index contributed by atoms with van der Waals surface area (Å²) in [5.74, 6) is 2.37. The normalized spacial score (nSPS) is 10.7. The number of rotatable bonds is 10. The van der Waals surface area contributed by atoms with Gasteiger partial charge in [0.25, 0.3) is 0 Å². The molecule has 0 fully saturated rings. The molecule has 0 aromatic heterocycles. The zero-order valence-corrected chi connectivity index (χ0v) is 13.1. The van der Waals surface area contributed by atoms with Crippen molar-refractivity contribution < 1.29 is 14.2 Å². The molecule has 1 aromatic carbocycles. The molecule has 0 unspecified atom stereocenters. The van der Waals surface area contributed by atoms with Crippen LogP contribution in [-0.2, 0) is 0 Å². The third kappa shape index (κ3) is 5.70. The first-order valence-electron chi connectivity index (χ1n) is 7.49. The molecule has 0 aliphatic carbocycles. The van der Waals surface area contributed by atoms with E-state index in [4.69, 9.17) is 14.2 Å². The second-order valence-electron chi connectivity index (χ2n) is 4.38. The molecule has 0 atom stereocenters. The van der Waals surface area contributed by atoms with Gasteiger partial charge in [-0.2, -0.15) is 0 Å². The van der Waals surface area contributed by atoms with Crippen LogP contribution in [0.3, 0.4) is 0 Å². The van der Waals surface area contributed by atoms with E-state index in [0.717, 1.165) is 36.9 Å². The predicted molar refractivity (Wildman–Crippen MR) is 82.1 cm³/mol. The highest BCUT2D eigenvalue weighted by molar-refractivity contribution is 5.42. The van der Waals surface area contributed by atoms with E-state index in [-0.39, 0.29) is 0 Å². The third-order valence-electron chi connectivity index (χ3n) is 3.05. The number of nitrogens with zero attached hydrogens (tertiary/aromatic N) is 1. The average molecular weight is 281 g/mol. The number of hydrogen-bond acceptors (Lipinski definition) is 4. The molecule has 0 amide bonds. The minimum absolute atomic E-state index is 0.633. The Kier molecular flexibility index (Phi) is 7.88. The summed E-state index contributed by atoms with van der Waals surface area (Å²) in [6.07, 6.45) is 0. The molecule has 0 saturated carbocycles. The summed E-state index contributed by atoms with van der Waals surface area (Å²) in [6.45, 7) is 13.2. The highest BCUT2D eigenvalue weighted by atomic mass is 16.5. The zero-order valence-electron chi connectivity index (χ0n) is 13.1. The van der Waals surface area contributed by atoms with Crippen molar-refractivity contribution in [3.05, 3.63) is 18.2 Å². The lowest BCUT2D eigenvalue weighted by molar-refractivity contribution is 0.221. The second-order valence-corrected chi connectivity index (χ2v) is 4.38. The molecule has 20 heavy (non-hydrogen) atoms. The van der Waals surface area contributed by atoms with Gasteiger partial charge in [0.2, 0.25) is 0 Å². The maximum atomic E-state index is 5.81. The SMILES string of the molecule is CCOc1cc(OCC)cc(OCCN(CC)CC)c1. The van der Waals surface area contributed by atoms with Crippen molar-refractivity contribution in [2.75, 3.05) is 39.5 Å². The molecule has 0 spiro atoms. The molecule has 4 heteroatoms. The Morgan fingerprint density at radius 3 is 1.60 bits per heavy atom. The van der Waals surface area contributed by atoms with Crippen LogP contribution in [0.4, 0.5) is 0 Å². The number of likely N-dealkylation sites (N-methyl/N-ethyl adjacent to an activating group) is 1. The molecule has 0 saturated heterocycles. The van der Waals surface area contributed by atoms with E-state index in [0.29, 0.717) is 19.8 Å². The smallest absolute Gasteiger partial charge is 0.126 e. The van der Waals surface area contributed by atoms with Crippen LogP contribution in [0, 0.1) is 0 Å². The number of benzene rings is 1. The quantitative estimate of drug-likeness (QED) is 0.659. The summed E-state index contributed by atoms with van der Waals surface area (Å²) in [4.78, 5) is 2.33. The van der Waals surface area contributed by atoms with Gasteiger partial charge in [0.1, 0.15) is 23.9 Å². The first kappa shape index (κ1) is 16.6. The van der Waals surface area contributed by atoms with E-state index < -0.39 is 0 Å². The van der Waals surface area contributed by atoms with Crippen molar-refractivity contribution in [1.82, 2.24) is 4.90 Å². The van der Waals surface area contributed by atoms with Crippen LogP contribution in [0.15, 0.2) is 18.2 Å². The lowest BCUT2D eigenvalue weighted by atomic mass is 10.3. The van der Waals surface area contributed by atoms with Crippen LogP contribution >= 0.6 is 0 Å². The number of ether oxygens (including phenoxy) is 3. The Labute approximate surface area is 122 Å². The summed E-state index contributed by atoms with van der Waals surface area (Å²) in [7, 11) is 0. The maximum absolute atomic E-state index is 5.81. The minimum atomic E-state index is 0.633. The van der Waals surface area contributed by atoms with E-state index in [1.165, 1.54) is 0 Å². The molecule has 1 rings (SSSR count). The third-order valence-corrected chi connectivity index (χ3v) is 3.05. The van der Waals surface area contributed by atoms with E-state index in [1.54, 1.807) is 0 Å². The summed E-state index contributed by atoms with van der Waals surface area (Å²) in [6, 6.07) is 5.72. The van der Waals surface area contributed by atoms with Gasteiger partial charge in [0.15, 0.2) is 0 Å². The molecule has 0 aliphatic heterocycles. The minimum Gasteiger partial charge on any atom is -0.494 e. The molecule has 114 valence electrons. The van der Waals surface area contributed by atoms with Crippen LogP contribution in [0.5, 0.6) is 17.2 Å². The molecule has 4 nitrogen and oxygen atoms in total. The standard InChI is InChI=1S/C16H27NO3/c1-5-17(6-2)9-10-20-16-12-14(18-7-3)11-15(13-16)19-8-4/h11-13H,5-10H2,1-4H3. The summed E-state index contributed by atoms with van der Waals surface area (Å²) in [5.41, 5.74) is 0. The van der Waals surface area contributed by atoms with Crippen molar-refractivity contribution >= 4 is 0 Å². The van der Waals surface area contributed by atoms with Gasteiger partial charge in [0.05, 0.1) is 13.2 Å². The van der Waals surface area contributed by atoms with Crippen LogP contribution < -0.4 is 14.2 Å². The Morgan fingerprint density at radius 2 is 1.20 bits per heavy atom. The van der Waals surface area contributed by atoms with Gasteiger partial charge in [-0.25, -0.2) is 0 Å². The number of hydrogen-bond donors (Lipinski definition) is 0. The maximum Gasteiger partial charge on any atom is 0.126 e. The van der Waals surface area contributed by atoms with E-state index in [2.05, 4.69) is 18.7 Å². The zero-order chi connectivity index (χ0) is 14.8. The molecule has 0 bridgehead atoms. The fraction of sp³-hybridized carbons (Fsp3) is 0.625. The Bertz CT molecular complexity index is 354. The Morgan fingerprint density at radius 1 is 0.750 bits per heavy atom. The summed E-state index contributed by atoms with van der Waals surface area (Å²) >= 11 is 0. The lowest BCUT2D eigenvalue weighted by Gasteiger charge is -2.18. The summed E-state index contributed by atoms with van der Waals surface area (Å²) < 4.78 is 16.9. The van der Waals surface area contributed by atoms with Gasteiger partial charge >= 0.3 is 0 Å². The van der Waals surface area contributed by atoms with Gasteiger partial charge in [-0.1, -0.05) is 13.8 Å². The first-order valence-corrected chi connectivity index (χ1v) is 7.49. The topological polar surface area (TPSA) is 30.9 Å². The fourth-order valence-corrected chi connectivity index (χ4v) is 1.96. The van der Waals surface area contributed by atoms with Gasteiger partial charge < -0.3 is 19.1 Å². The van der Waals surface area contributed by atoms with Gasteiger partial charge in [-0.05, 0) is 26.9 Å². The van der Waals surface area contributed by atoms with Crippen LogP contribution in [0.1, 0.15) is 27.7 Å². The van der Waals surface area contributed by atoms with Crippen LogP contribution in [0.2, 0.25) is 0 Å². The van der Waals surface area contributed by atoms with E-state index in [1.807, 2.05) is 32.0 Å². The average Bonchev–Trinajstić information content (AvgIpc) is 2.44. The highest BCUT2D eigenvalue weighted by Crippen LogP contribution is 2.28. The van der Waals surface area contributed by atoms with Crippen molar-refractivity contribution in [2.24, 2.45) is 0 Å². The van der Waals surface area contributed by atoms with Crippen molar-refractivity contribution in [2.45, 2.75) is 27.7 Å². The lowest BCUT2D eigenvalue weighted by Crippen LogP contribution is -2.27. The molecular formula is C16H27NO3. The van der Waals surface area contributed by atoms with E-state index >= 15 is 0 Å². The molecule has 0 radical (unpaired) electrons. The Hall–Kier alpha value is -1.42. The van der Waals surface area contributed by atoms with Gasteiger partial charge in [-0.15, -0.1) is 0 Å². The fourth-order valence-electron chi connectivity index (χ4n) is 1.96. The molecule has 1 aromatic rings. The highest BCUT2D eigenvalue weighted by Gasteiger charge is 2.05. The van der Waals surface area contributed by atoms with E-state index in [9.17, 15) is 0 Å². The molecule has 0 heterocycles. The van der Waals surface area contributed by atoms with Gasteiger partial charge in [-0.3, -0.25) is 0 Å². The second kappa shape index (κ2) is 9.48. The van der Waals surface area contributed by atoms with Gasteiger partial charge in [0, 0.05) is 24.7 Å². The molecular weight excluding hydrogens is 254 g/mol. The largest absolute Gasteiger partial charge is 0.494 e. The monoisotopic (exact) mass is 281 g/mol. The van der Waals surface area contributed by atoms with Crippen LogP contribution in [0.25, 0.3) is 0 Å². The Balaban J connectivity index is 2.62. The molecule has 0 aliphatic rings. The van der Waals surface area contributed by atoms with Crippen molar-refractivity contribution in [1.29, 1.82) is 0 Å². The first-order chi connectivity index (χ1) is 9.73. The summed E-state index contributed by atoms with van der Waals surface area (Å²) in [5, 5.41) is 0. The van der Waals surface area contributed by atoms with Crippen molar-refractivity contribution in [3.63, 3.8) is 0 Å². The van der Waals surface area contributed by atoms with Crippen LogP contribution in [-0.4, -0.2) is 44.4 Å². The van der Waals surface area contributed by atoms with Crippen molar-refractivity contribution in [3.8, 4) is 17.2 Å². The predicted octanol–water partition coefficient (Wildman–Crippen LogP) is 3.20. The molecule has 0 N–H and O–H groups in total.